The molecule has 3 atom stereocenters. The van der Waals surface area contributed by atoms with E-state index in [0.717, 1.165) is 51.4 Å². The maximum Gasteiger partial charge on any atom is 0.472 e. The van der Waals surface area contributed by atoms with Crippen LogP contribution in [-0.4, -0.2) is 73.4 Å². The second kappa shape index (κ2) is 23.7. The van der Waals surface area contributed by atoms with Crippen LogP contribution < -0.4 is 5.32 Å². The molecule has 0 radical (unpaired) electrons. The van der Waals surface area contributed by atoms with Crippen LogP contribution in [0.25, 0.3) is 0 Å². The van der Waals surface area contributed by atoms with Gasteiger partial charge in [0.15, 0.2) is 0 Å². The molecule has 0 aliphatic heterocycles. The summed E-state index contributed by atoms with van der Waals surface area (Å²) >= 11 is 0. The number of unbranched alkanes of at least 4 members (excludes halogenated alkanes) is 11. The van der Waals surface area contributed by atoms with Gasteiger partial charge in [-0.1, -0.05) is 89.5 Å². The Bertz CT molecular complexity index is 708. The van der Waals surface area contributed by atoms with E-state index in [-0.39, 0.29) is 19.1 Å². The lowest BCUT2D eigenvalue weighted by Crippen LogP contribution is -2.45. The molecule has 8 nitrogen and oxygen atoms in total. The first kappa shape index (κ1) is 38.0. The van der Waals surface area contributed by atoms with Crippen molar-refractivity contribution in [2.75, 3.05) is 40.9 Å². The van der Waals surface area contributed by atoms with Gasteiger partial charge in [-0.2, -0.15) is 0 Å². The quantitative estimate of drug-likeness (QED) is 0.0460. The summed E-state index contributed by atoms with van der Waals surface area (Å²) in [5.74, 6) is -0.200. The Kier molecular flexibility index (Phi) is 23.0. The van der Waals surface area contributed by atoms with E-state index in [4.69, 9.17) is 9.05 Å². The molecule has 230 valence electrons. The molecule has 3 unspecified atom stereocenters. The Morgan fingerprint density at radius 2 is 1.41 bits per heavy atom. The van der Waals surface area contributed by atoms with Gasteiger partial charge in [0, 0.05) is 6.42 Å². The lowest BCUT2D eigenvalue weighted by molar-refractivity contribution is -0.870. The van der Waals surface area contributed by atoms with Gasteiger partial charge >= 0.3 is 7.82 Å². The number of amides is 1. The molecule has 0 aliphatic carbocycles. The van der Waals surface area contributed by atoms with Gasteiger partial charge in [-0.05, 0) is 38.5 Å². The van der Waals surface area contributed by atoms with E-state index >= 15 is 0 Å². The molecule has 0 aromatic rings. The van der Waals surface area contributed by atoms with E-state index in [0.29, 0.717) is 17.4 Å². The number of nitrogens with one attached hydrogen (secondary N) is 1. The number of carbonyl (C=O) groups is 1. The maximum absolute atomic E-state index is 12.6. The zero-order valence-corrected chi connectivity index (χ0v) is 26.5. The first-order valence-corrected chi connectivity index (χ1v) is 16.7. The van der Waals surface area contributed by atoms with Gasteiger partial charge in [-0.15, -0.1) is 0 Å². The molecule has 3 N–H and O–H groups in total. The van der Waals surface area contributed by atoms with E-state index in [9.17, 15) is 19.4 Å². The molecule has 0 saturated carbocycles. The van der Waals surface area contributed by atoms with Gasteiger partial charge in [0.2, 0.25) is 5.91 Å². The van der Waals surface area contributed by atoms with E-state index in [2.05, 4.69) is 31.3 Å². The first-order chi connectivity index (χ1) is 18.5. The van der Waals surface area contributed by atoms with Crippen molar-refractivity contribution in [1.29, 1.82) is 0 Å². The molecule has 0 saturated heterocycles. The van der Waals surface area contributed by atoms with Gasteiger partial charge in [0.05, 0.1) is 39.9 Å². The van der Waals surface area contributed by atoms with Crippen molar-refractivity contribution in [3.05, 3.63) is 24.3 Å². The summed E-state index contributed by atoms with van der Waals surface area (Å²) < 4.78 is 23.1. The molecule has 0 heterocycles. The molecule has 0 rings (SSSR count). The van der Waals surface area contributed by atoms with Crippen molar-refractivity contribution in [1.82, 2.24) is 5.32 Å². The number of hydrogen-bond acceptors (Lipinski definition) is 5. The molecular weight excluding hydrogens is 515 g/mol. The molecule has 0 aromatic heterocycles. The summed E-state index contributed by atoms with van der Waals surface area (Å²) in [6, 6.07) is -0.841. The summed E-state index contributed by atoms with van der Waals surface area (Å²) in [7, 11) is 1.55. The smallest absolute Gasteiger partial charge is 0.387 e. The Hall–Kier alpha value is -1.02. The number of likely N-dealkylation sites (N-methyl/N-ethyl adjacent to an activating group) is 1. The van der Waals surface area contributed by atoms with Gasteiger partial charge in [0.1, 0.15) is 13.2 Å². The summed E-state index contributed by atoms with van der Waals surface area (Å²) in [6.45, 7) is 4.59. The predicted octanol–water partition coefficient (Wildman–Crippen LogP) is 6.68. The zero-order valence-electron chi connectivity index (χ0n) is 25.6. The summed E-state index contributed by atoms with van der Waals surface area (Å²) in [4.78, 5) is 22.6. The SMILES string of the molecule is CCCC/C=C/C(O)C(COP(=O)(O)OCC[N+](C)(C)C)NC(=O)CCCCCCC/C=C\CCCCCC. The molecule has 1 amide bonds. The van der Waals surface area contributed by atoms with Crippen molar-refractivity contribution in [2.45, 2.75) is 122 Å². The van der Waals surface area contributed by atoms with Crippen LogP contribution in [0.1, 0.15) is 110 Å². The fraction of sp³-hybridized carbons (Fsp3) is 0.833. The topological polar surface area (TPSA) is 105 Å². The van der Waals surface area contributed by atoms with Crippen LogP contribution in [0.15, 0.2) is 24.3 Å². The number of rotatable bonds is 26. The van der Waals surface area contributed by atoms with Crippen LogP contribution in [0, 0.1) is 0 Å². The number of hydrogen-bond donors (Lipinski definition) is 3. The third-order valence-electron chi connectivity index (χ3n) is 6.42. The first-order valence-electron chi connectivity index (χ1n) is 15.2. The van der Waals surface area contributed by atoms with Gasteiger partial charge < -0.3 is 19.8 Å². The molecule has 0 bridgehead atoms. The van der Waals surface area contributed by atoms with Crippen molar-refractivity contribution >= 4 is 13.7 Å². The highest BCUT2D eigenvalue weighted by Gasteiger charge is 2.27. The maximum atomic E-state index is 12.6. The average molecular weight is 576 g/mol. The summed E-state index contributed by atoms with van der Waals surface area (Å²) in [6.07, 6.45) is 22.9. The largest absolute Gasteiger partial charge is 0.472 e. The molecule has 0 spiro atoms. The molecule has 0 fully saturated rings. The fourth-order valence-electron chi connectivity index (χ4n) is 3.84. The van der Waals surface area contributed by atoms with Crippen LogP contribution in [-0.2, 0) is 18.4 Å². The normalized spacial score (nSPS) is 15.6. The van der Waals surface area contributed by atoms with Gasteiger partial charge in [-0.25, -0.2) is 4.57 Å². The number of aliphatic hydroxyl groups excluding tert-OH is 1. The highest BCUT2D eigenvalue weighted by molar-refractivity contribution is 7.47. The Balaban J connectivity index is 4.45. The third-order valence-corrected chi connectivity index (χ3v) is 7.40. The summed E-state index contributed by atoms with van der Waals surface area (Å²) in [5.41, 5.74) is 0. The zero-order chi connectivity index (χ0) is 29.4. The van der Waals surface area contributed by atoms with Crippen LogP contribution in [0.3, 0.4) is 0 Å². The van der Waals surface area contributed by atoms with Crippen molar-refractivity contribution in [2.24, 2.45) is 0 Å². The monoisotopic (exact) mass is 575 g/mol. The minimum absolute atomic E-state index is 0.0586. The number of nitrogens with zero attached hydrogens (tertiary/aromatic N) is 1. The van der Waals surface area contributed by atoms with Crippen LogP contribution >= 0.6 is 7.82 Å². The van der Waals surface area contributed by atoms with Crippen molar-refractivity contribution in [3.63, 3.8) is 0 Å². The number of allylic oxidation sites excluding steroid dienone is 3. The summed E-state index contributed by atoms with van der Waals surface area (Å²) in [5, 5.41) is 13.4. The van der Waals surface area contributed by atoms with Crippen LogP contribution in [0.2, 0.25) is 0 Å². The van der Waals surface area contributed by atoms with Gasteiger partial charge in [0.25, 0.3) is 0 Å². The van der Waals surface area contributed by atoms with E-state index < -0.39 is 20.0 Å². The van der Waals surface area contributed by atoms with E-state index in [1.807, 2.05) is 27.2 Å². The highest BCUT2D eigenvalue weighted by atomic mass is 31.2. The minimum Gasteiger partial charge on any atom is -0.387 e. The van der Waals surface area contributed by atoms with Crippen molar-refractivity contribution in [3.8, 4) is 0 Å². The molecule has 0 aromatic carbocycles. The Morgan fingerprint density at radius 3 is 2.03 bits per heavy atom. The molecular formula is C30H60N2O6P+. The fourth-order valence-corrected chi connectivity index (χ4v) is 4.58. The van der Waals surface area contributed by atoms with E-state index in [1.165, 1.54) is 38.5 Å². The standard InChI is InChI=1S/C30H59N2O6P/c1-6-8-10-12-13-14-15-16-17-18-19-20-22-24-30(34)31-28(29(33)23-21-11-9-7-2)27-38-39(35,36)37-26-25-32(3,4)5/h14-15,21,23,28-29,33H,6-13,16-20,22,24-27H2,1-5H3,(H-,31,34,35,36)/p+1/b15-14-,23-21+. The second-order valence-corrected chi connectivity index (χ2v) is 12.9. The molecule has 0 aliphatic rings. The number of aliphatic hydroxyl groups is 1. The predicted molar refractivity (Wildman–Crippen MR) is 161 cm³/mol. The lowest BCUT2D eigenvalue weighted by Gasteiger charge is -2.25. The minimum atomic E-state index is -4.30. The third kappa shape index (κ3) is 25.7. The molecule has 9 heteroatoms. The number of phosphoric ester groups is 1. The second-order valence-electron chi connectivity index (χ2n) is 11.5. The average Bonchev–Trinajstić information content (AvgIpc) is 2.86. The number of phosphoric acid groups is 1. The molecule has 39 heavy (non-hydrogen) atoms. The van der Waals surface area contributed by atoms with Crippen LogP contribution in [0.5, 0.6) is 0 Å². The lowest BCUT2D eigenvalue weighted by atomic mass is 10.1. The number of quaternary nitrogens is 1. The Labute approximate surface area is 239 Å². The van der Waals surface area contributed by atoms with Crippen molar-refractivity contribution < 1.29 is 32.9 Å². The van der Waals surface area contributed by atoms with Gasteiger partial charge in [-0.3, -0.25) is 13.8 Å². The van der Waals surface area contributed by atoms with E-state index in [1.54, 1.807) is 6.08 Å². The highest BCUT2D eigenvalue weighted by Crippen LogP contribution is 2.43. The number of carbonyl (C=O) groups excluding carboxylic acids is 1. The van der Waals surface area contributed by atoms with Crippen LogP contribution in [0.4, 0.5) is 0 Å². The Morgan fingerprint density at radius 1 is 0.846 bits per heavy atom.